The minimum absolute atomic E-state index is 0.658. The van der Waals surface area contributed by atoms with Crippen molar-refractivity contribution in [2.24, 2.45) is 0 Å². The van der Waals surface area contributed by atoms with Gasteiger partial charge in [-0.15, -0.1) is 11.3 Å². The van der Waals surface area contributed by atoms with Crippen LogP contribution in [-0.4, -0.2) is 30.8 Å². The summed E-state index contributed by atoms with van der Waals surface area (Å²) in [5.74, 6) is 0. The van der Waals surface area contributed by atoms with Gasteiger partial charge in [0.2, 0.25) is 0 Å². The van der Waals surface area contributed by atoms with Gasteiger partial charge in [-0.2, -0.15) is 0 Å². The van der Waals surface area contributed by atoms with Crippen LogP contribution < -0.4 is 4.90 Å². The average Bonchev–Trinajstić information content (AvgIpc) is 2.98. The van der Waals surface area contributed by atoms with Crippen LogP contribution in [0.3, 0.4) is 0 Å². The van der Waals surface area contributed by atoms with Gasteiger partial charge in [0.25, 0.3) is 0 Å². The Balaban J connectivity index is 1.64. The number of aryl methyl sites for hydroxylation is 1. The molecule has 1 aromatic rings. The van der Waals surface area contributed by atoms with Crippen LogP contribution in [0.2, 0.25) is 0 Å². The van der Waals surface area contributed by atoms with Crippen molar-refractivity contribution in [3.63, 3.8) is 0 Å². The third kappa shape index (κ3) is 2.33. The van der Waals surface area contributed by atoms with Crippen molar-refractivity contribution in [3.8, 4) is 0 Å². The Morgan fingerprint density at radius 3 is 2.76 bits per heavy atom. The molecule has 0 aromatic carbocycles. The van der Waals surface area contributed by atoms with E-state index in [2.05, 4.69) is 41.3 Å². The molecule has 0 spiro atoms. The van der Waals surface area contributed by atoms with E-state index in [0.29, 0.717) is 6.04 Å². The van der Waals surface area contributed by atoms with Gasteiger partial charge < -0.3 is 14.5 Å². The van der Waals surface area contributed by atoms with E-state index in [0.717, 1.165) is 32.7 Å². The van der Waals surface area contributed by atoms with Crippen molar-refractivity contribution in [2.75, 3.05) is 24.8 Å². The van der Waals surface area contributed by atoms with Crippen LogP contribution in [0.25, 0.3) is 0 Å². The number of thiophene rings is 1. The number of rotatable bonds is 2. The molecule has 92 valence electrons. The fraction of sp³-hybridized carbons (Fsp3) is 0.538. The fourth-order valence-electron chi connectivity index (χ4n) is 2.41. The Kier molecular flexibility index (Phi) is 3.07. The van der Waals surface area contributed by atoms with Crippen molar-refractivity contribution in [2.45, 2.75) is 25.8 Å². The summed E-state index contributed by atoms with van der Waals surface area (Å²) >= 11 is 1.86. The normalized spacial score (nSPS) is 21.5. The lowest BCUT2D eigenvalue weighted by Gasteiger charge is -2.32. The van der Waals surface area contributed by atoms with Crippen LogP contribution in [-0.2, 0) is 4.74 Å². The largest absolute Gasteiger partial charge is 0.381 e. The van der Waals surface area contributed by atoms with Crippen molar-refractivity contribution < 1.29 is 4.74 Å². The molecule has 1 aromatic heterocycles. The average molecular weight is 250 g/mol. The predicted molar refractivity (Wildman–Crippen MR) is 71.2 cm³/mol. The highest BCUT2D eigenvalue weighted by Gasteiger charge is 2.24. The molecule has 2 aliphatic rings. The molecule has 0 atom stereocenters. The van der Waals surface area contributed by atoms with Crippen molar-refractivity contribution in [1.29, 1.82) is 0 Å². The standard InChI is InChI=1S/C13H18N2OS/c1-11-2-3-13(17-11)15-7-6-14(10-15)12-4-8-16-9-5-12/h2-3,6-7,12H,4-5,8-10H2,1H3. The first-order valence-corrected chi connectivity index (χ1v) is 6.99. The lowest BCUT2D eigenvalue weighted by Crippen LogP contribution is -2.37. The second-order valence-corrected chi connectivity index (χ2v) is 5.92. The SMILES string of the molecule is Cc1ccc(N2C=CN(C3CCOCC3)C2)s1. The monoisotopic (exact) mass is 250 g/mol. The second kappa shape index (κ2) is 4.70. The first-order valence-electron chi connectivity index (χ1n) is 6.18. The van der Waals surface area contributed by atoms with Crippen LogP contribution in [0.5, 0.6) is 0 Å². The second-order valence-electron chi connectivity index (χ2n) is 4.65. The van der Waals surface area contributed by atoms with Crippen molar-refractivity contribution >= 4 is 16.3 Å². The van der Waals surface area contributed by atoms with E-state index < -0.39 is 0 Å². The Hall–Kier alpha value is -1.00. The maximum absolute atomic E-state index is 5.41. The first-order chi connectivity index (χ1) is 8.33. The summed E-state index contributed by atoms with van der Waals surface area (Å²) in [6.45, 7) is 4.97. The van der Waals surface area contributed by atoms with Gasteiger partial charge in [0.05, 0.1) is 11.7 Å². The molecule has 3 nitrogen and oxygen atoms in total. The molecule has 0 aliphatic carbocycles. The van der Waals surface area contributed by atoms with Gasteiger partial charge in [-0.1, -0.05) is 0 Å². The molecule has 0 unspecified atom stereocenters. The lowest BCUT2D eigenvalue weighted by atomic mass is 10.1. The van der Waals surface area contributed by atoms with E-state index in [1.165, 1.54) is 9.88 Å². The molecule has 0 radical (unpaired) electrons. The van der Waals surface area contributed by atoms with Crippen LogP contribution in [0.1, 0.15) is 17.7 Å². The summed E-state index contributed by atoms with van der Waals surface area (Å²) in [4.78, 5) is 6.14. The number of nitrogens with zero attached hydrogens (tertiary/aromatic N) is 2. The zero-order valence-corrected chi connectivity index (χ0v) is 10.9. The summed E-state index contributed by atoms with van der Waals surface area (Å²) in [6.07, 6.45) is 6.73. The van der Waals surface area contributed by atoms with E-state index >= 15 is 0 Å². The number of ether oxygens (including phenoxy) is 1. The summed E-state index contributed by atoms with van der Waals surface area (Å²) in [5, 5.41) is 1.34. The molecule has 3 heterocycles. The van der Waals surface area contributed by atoms with Crippen LogP contribution in [0.15, 0.2) is 24.5 Å². The maximum atomic E-state index is 5.41. The fourth-order valence-corrected chi connectivity index (χ4v) is 3.25. The molecule has 17 heavy (non-hydrogen) atoms. The van der Waals surface area contributed by atoms with Gasteiger partial charge in [-0.3, -0.25) is 0 Å². The topological polar surface area (TPSA) is 15.7 Å². The maximum Gasteiger partial charge on any atom is 0.0966 e. The van der Waals surface area contributed by atoms with Crippen LogP contribution in [0, 0.1) is 6.92 Å². The minimum Gasteiger partial charge on any atom is -0.381 e. The molecule has 0 saturated carbocycles. The third-order valence-corrected chi connectivity index (χ3v) is 4.46. The van der Waals surface area contributed by atoms with E-state index in [-0.39, 0.29) is 0 Å². The number of hydrogen-bond acceptors (Lipinski definition) is 4. The molecule has 1 fully saturated rings. The van der Waals surface area contributed by atoms with Crippen LogP contribution >= 0.6 is 11.3 Å². The van der Waals surface area contributed by atoms with Crippen molar-refractivity contribution in [1.82, 2.24) is 4.90 Å². The van der Waals surface area contributed by atoms with E-state index in [4.69, 9.17) is 4.74 Å². The van der Waals surface area contributed by atoms with E-state index in [1.807, 2.05) is 11.3 Å². The molecule has 1 saturated heterocycles. The molecule has 2 aliphatic heterocycles. The molecule has 0 bridgehead atoms. The minimum atomic E-state index is 0.658. The van der Waals surface area contributed by atoms with Crippen LogP contribution in [0.4, 0.5) is 5.00 Å². The molecular weight excluding hydrogens is 232 g/mol. The predicted octanol–water partition coefficient (Wildman–Crippen LogP) is 2.79. The van der Waals surface area contributed by atoms with Gasteiger partial charge >= 0.3 is 0 Å². The molecule has 0 N–H and O–H groups in total. The number of anilines is 1. The Bertz CT molecular complexity index is 409. The highest BCUT2D eigenvalue weighted by Crippen LogP contribution is 2.29. The first kappa shape index (κ1) is 11.1. The van der Waals surface area contributed by atoms with E-state index in [9.17, 15) is 0 Å². The smallest absolute Gasteiger partial charge is 0.0966 e. The summed E-state index contributed by atoms with van der Waals surface area (Å²) in [5.41, 5.74) is 0. The molecule has 3 rings (SSSR count). The Morgan fingerprint density at radius 2 is 2.06 bits per heavy atom. The van der Waals surface area contributed by atoms with Gasteiger partial charge in [0.1, 0.15) is 0 Å². The van der Waals surface area contributed by atoms with Crippen molar-refractivity contribution in [3.05, 3.63) is 29.4 Å². The number of hydrogen-bond donors (Lipinski definition) is 0. The Morgan fingerprint density at radius 1 is 1.24 bits per heavy atom. The zero-order valence-electron chi connectivity index (χ0n) is 10.1. The molecular formula is C13H18N2OS. The molecule has 4 heteroatoms. The lowest BCUT2D eigenvalue weighted by molar-refractivity contribution is 0.0520. The van der Waals surface area contributed by atoms with Gasteiger partial charge in [-0.25, -0.2) is 0 Å². The summed E-state index contributed by atoms with van der Waals surface area (Å²) in [7, 11) is 0. The quantitative estimate of drug-likeness (QED) is 0.802. The summed E-state index contributed by atoms with van der Waals surface area (Å²) in [6, 6.07) is 5.05. The Labute approximate surface area is 106 Å². The summed E-state index contributed by atoms with van der Waals surface area (Å²) < 4.78 is 5.41. The van der Waals surface area contributed by atoms with E-state index in [1.54, 1.807) is 0 Å². The third-order valence-electron chi connectivity index (χ3n) is 3.42. The van der Waals surface area contributed by atoms with Gasteiger partial charge in [-0.05, 0) is 31.9 Å². The highest BCUT2D eigenvalue weighted by atomic mass is 32.1. The van der Waals surface area contributed by atoms with Gasteiger partial charge in [0, 0.05) is 36.5 Å². The molecule has 0 amide bonds. The zero-order chi connectivity index (χ0) is 11.7. The van der Waals surface area contributed by atoms with Gasteiger partial charge in [0.15, 0.2) is 0 Å². The highest BCUT2D eigenvalue weighted by molar-refractivity contribution is 7.16.